The van der Waals surface area contributed by atoms with Crippen LogP contribution in [0.4, 0.5) is 5.69 Å². The molecule has 1 fully saturated rings. The van der Waals surface area contributed by atoms with Gasteiger partial charge in [-0.05, 0) is 47.7 Å². The molecular formula is C21H23NO3. The van der Waals surface area contributed by atoms with Crippen molar-refractivity contribution >= 4 is 17.5 Å². The first-order valence-electron chi connectivity index (χ1n) is 8.64. The molecule has 0 bridgehead atoms. The van der Waals surface area contributed by atoms with Crippen molar-refractivity contribution in [2.24, 2.45) is 0 Å². The summed E-state index contributed by atoms with van der Waals surface area (Å²) in [6.45, 7) is 6.81. The van der Waals surface area contributed by atoms with Gasteiger partial charge in [0.05, 0.1) is 5.69 Å². The second-order valence-electron chi connectivity index (χ2n) is 6.76. The van der Waals surface area contributed by atoms with Crippen molar-refractivity contribution in [3.63, 3.8) is 0 Å². The van der Waals surface area contributed by atoms with Gasteiger partial charge in [-0.25, -0.2) is 0 Å². The van der Waals surface area contributed by atoms with E-state index in [1.165, 1.54) is 10.5 Å². The van der Waals surface area contributed by atoms with Crippen molar-refractivity contribution < 1.29 is 14.3 Å². The van der Waals surface area contributed by atoms with Crippen LogP contribution in [0.15, 0.2) is 42.5 Å². The van der Waals surface area contributed by atoms with Crippen LogP contribution < -0.4 is 9.64 Å². The largest absolute Gasteiger partial charge is 0.489 e. The van der Waals surface area contributed by atoms with E-state index in [1.807, 2.05) is 19.1 Å². The molecule has 25 heavy (non-hydrogen) atoms. The third-order valence-corrected chi connectivity index (χ3v) is 4.52. The Bertz CT molecular complexity index is 777. The second-order valence-corrected chi connectivity index (χ2v) is 6.76. The van der Waals surface area contributed by atoms with Crippen molar-refractivity contribution in [3.05, 3.63) is 59.2 Å². The normalized spacial score (nSPS) is 14.5. The average Bonchev–Trinajstić information content (AvgIpc) is 2.93. The number of anilines is 1. The second kappa shape index (κ2) is 7.09. The zero-order valence-electron chi connectivity index (χ0n) is 14.9. The Morgan fingerprint density at radius 1 is 1.00 bits per heavy atom. The van der Waals surface area contributed by atoms with Gasteiger partial charge in [-0.1, -0.05) is 38.1 Å². The summed E-state index contributed by atoms with van der Waals surface area (Å²) in [5.41, 5.74) is 3.99. The highest BCUT2D eigenvalue weighted by molar-refractivity contribution is 6.19. The van der Waals surface area contributed by atoms with E-state index in [1.54, 1.807) is 12.1 Å². The molecule has 2 aromatic rings. The van der Waals surface area contributed by atoms with Crippen LogP contribution in [0.3, 0.4) is 0 Å². The maximum absolute atomic E-state index is 11.8. The molecule has 0 aliphatic carbocycles. The topological polar surface area (TPSA) is 46.6 Å². The van der Waals surface area contributed by atoms with E-state index < -0.39 is 0 Å². The maximum atomic E-state index is 11.8. The van der Waals surface area contributed by atoms with E-state index >= 15 is 0 Å². The molecule has 4 nitrogen and oxygen atoms in total. The summed E-state index contributed by atoms with van der Waals surface area (Å²) in [6, 6.07) is 13.7. The number of hydrogen-bond donors (Lipinski definition) is 0. The number of carbonyl (C=O) groups excluding carboxylic acids is 2. The van der Waals surface area contributed by atoms with Crippen LogP contribution in [0.1, 0.15) is 49.3 Å². The molecule has 1 aliphatic heterocycles. The van der Waals surface area contributed by atoms with Crippen LogP contribution in [0.25, 0.3) is 0 Å². The van der Waals surface area contributed by atoms with Crippen molar-refractivity contribution in [3.8, 4) is 5.75 Å². The Morgan fingerprint density at radius 3 is 2.24 bits per heavy atom. The lowest BCUT2D eigenvalue weighted by Gasteiger charge is -2.15. The lowest BCUT2D eigenvalue weighted by molar-refractivity contribution is -0.121. The first-order valence-corrected chi connectivity index (χ1v) is 8.64. The molecule has 3 rings (SSSR count). The molecule has 0 spiro atoms. The smallest absolute Gasteiger partial charge is 0.234 e. The summed E-state index contributed by atoms with van der Waals surface area (Å²) < 4.78 is 5.97. The molecule has 0 radical (unpaired) electrons. The van der Waals surface area contributed by atoms with Gasteiger partial charge in [0, 0.05) is 12.8 Å². The van der Waals surface area contributed by atoms with E-state index in [9.17, 15) is 9.59 Å². The number of aryl methyl sites for hydroxylation is 1. The fourth-order valence-corrected chi connectivity index (χ4v) is 2.90. The van der Waals surface area contributed by atoms with Gasteiger partial charge in [-0.2, -0.15) is 0 Å². The summed E-state index contributed by atoms with van der Waals surface area (Å²) >= 11 is 0. The molecule has 2 amide bonds. The number of hydrogen-bond acceptors (Lipinski definition) is 3. The van der Waals surface area contributed by atoms with Crippen LogP contribution in [-0.2, 0) is 16.2 Å². The van der Waals surface area contributed by atoms with Gasteiger partial charge >= 0.3 is 0 Å². The summed E-state index contributed by atoms with van der Waals surface area (Å²) in [4.78, 5) is 24.8. The highest BCUT2D eigenvalue weighted by Crippen LogP contribution is 2.26. The SMILES string of the molecule is Cc1ccc(C(C)C)cc1OCc1ccc(N2C(=O)CCC2=O)cc1. The van der Waals surface area contributed by atoms with Crippen molar-refractivity contribution in [2.45, 2.75) is 46.1 Å². The van der Waals surface area contributed by atoms with Crippen LogP contribution in [0, 0.1) is 6.92 Å². The Kier molecular flexibility index (Phi) is 4.88. The third-order valence-electron chi connectivity index (χ3n) is 4.52. The Hall–Kier alpha value is -2.62. The highest BCUT2D eigenvalue weighted by Gasteiger charge is 2.29. The Labute approximate surface area is 148 Å². The fourth-order valence-electron chi connectivity index (χ4n) is 2.90. The summed E-state index contributed by atoms with van der Waals surface area (Å²) in [6.07, 6.45) is 0.602. The van der Waals surface area contributed by atoms with Crippen molar-refractivity contribution in [1.29, 1.82) is 0 Å². The van der Waals surface area contributed by atoms with Crippen LogP contribution in [-0.4, -0.2) is 11.8 Å². The molecular weight excluding hydrogens is 314 g/mol. The zero-order chi connectivity index (χ0) is 18.0. The zero-order valence-corrected chi connectivity index (χ0v) is 14.9. The van der Waals surface area contributed by atoms with Crippen molar-refractivity contribution in [1.82, 2.24) is 0 Å². The predicted molar refractivity (Wildman–Crippen MR) is 97.8 cm³/mol. The van der Waals surface area contributed by atoms with Gasteiger partial charge in [0.15, 0.2) is 0 Å². The van der Waals surface area contributed by atoms with Gasteiger partial charge in [0.1, 0.15) is 12.4 Å². The quantitative estimate of drug-likeness (QED) is 0.762. The average molecular weight is 337 g/mol. The number of ether oxygens (including phenoxy) is 1. The number of carbonyl (C=O) groups is 2. The first-order chi connectivity index (χ1) is 12.0. The molecule has 4 heteroatoms. The lowest BCUT2D eigenvalue weighted by Crippen LogP contribution is -2.28. The molecule has 1 heterocycles. The van der Waals surface area contributed by atoms with E-state index in [4.69, 9.17) is 4.74 Å². The van der Waals surface area contributed by atoms with E-state index in [2.05, 4.69) is 32.0 Å². The number of nitrogens with zero attached hydrogens (tertiary/aromatic N) is 1. The highest BCUT2D eigenvalue weighted by atomic mass is 16.5. The molecule has 2 aromatic carbocycles. The maximum Gasteiger partial charge on any atom is 0.234 e. The monoisotopic (exact) mass is 337 g/mol. The number of benzene rings is 2. The first kappa shape index (κ1) is 17.2. The number of rotatable bonds is 5. The third kappa shape index (κ3) is 3.73. The molecule has 0 aromatic heterocycles. The summed E-state index contributed by atoms with van der Waals surface area (Å²) in [5, 5.41) is 0. The van der Waals surface area contributed by atoms with Crippen LogP contribution >= 0.6 is 0 Å². The minimum Gasteiger partial charge on any atom is -0.489 e. The number of amides is 2. The standard InChI is InChI=1S/C21H23NO3/c1-14(2)17-7-4-15(3)19(12-17)25-13-16-5-8-18(9-6-16)22-20(23)10-11-21(22)24/h4-9,12,14H,10-11,13H2,1-3H3. The van der Waals surface area contributed by atoms with Gasteiger partial charge in [0.25, 0.3) is 0 Å². The van der Waals surface area contributed by atoms with Gasteiger partial charge in [0.2, 0.25) is 11.8 Å². The minimum absolute atomic E-state index is 0.130. The summed E-state index contributed by atoms with van der Waals surface area (Å²) in [7, 11) is 0. The fraction of sp³-hybridized carbons (Fsp3) is 0.333. The van der Waals surface area contributed by atoms with Gasteiger partial charge in [-0.3, -0.25) is 14.5 Å². The molecule has 0 N–H and O–H groups in total. The van der Waals surface area contributed by atoms with E-state index in [0.717, 1.165) is 16.9 Å². The van der Waals surface area contributed by atoms with Gasteiger partial charge in [-0.15, -0.1) is 0 Å². The lowest BCUT2D eigenvalue weighted by atomic mass is 10.0. The van der Waals surface area contributed by atoms with E-state index in [-0.39, 0.29) is 11.8 Å². The molecule has 0 unspecified atom stereocenters. The van der Waals surface area contributed by atoms with Crippen molar-refractivity contribution in [2.75, 3.05) is 4.90 Å². The minimum atomic E-state index is -0.130. The number of imide groups is 1. The Balaban J connectivity index is 1.69. The molecule has 1 aliphatic rings. The molecule has 0 atom stereocenters. The molecule has 1 saturated heterocycles. The Morgan fingerprint density at radius 2 is 1.64 bits per heavy atom. The molecule has 130 valence electrons. The van der Waals surface area contributed by atoms with Crippen LogP contribution in [0.5, 0.6) is 5.75 Å². The van der Waals surface area contributed by atoms with E-state index in [0.29, 0.717) is 31.1 Å². The predicted octanol–water partition coefficient (Wildman–Crippen LogP) is 4.35. The van der Waals surface area contributed by atoms with Gasteiger partial charge < -0.3 is 4.74 Å². The summed E-state index contributed by atoms with van der Waals surface area (Å²) in [5.74, 6) is 1.09. The molecule has 0 saturated carbocycles. The van der Waals surface area contributed by atoms with Crippen LogP contribution in [0.2, 0.25) is 0 Å².